The number of nitrogens with zero attached hydrogens (tertiary/aromatic N) is 4. The molecule has 2 heterocycles. The highest BCUT2D eigenvalue weighted by molar-refractivity contribution is 6.30. The highest BCUT2D eigenvalue weighted by Gasteiger charge is 2.20. The molecule has 0 aliphatic heterocycles. The fraction of sp³-hybridized carbons (Fsp3) is 0.385. The average molecular weight is 325 g/mol. The van der Waals surface area contributed by atoms with Crippen molar-refractivity contribution in [1.82, 2.24) is 24.9 Å². The van der Waals surface area contributed by atoms with Gasteiger partial charge in [0.1, 0.15) is 0 Å². The van der Waals surface area contributed by atoms with E-state index in [-0.39, 0.29) is 23.4 Å². The molecule has 2 aromatic heterocycles. The number of rotatable bonds is 5. The number of halogens is 1. The van der Waals surface area contributed by atoms with E-state index in [1.54, 1.807) is 31.0 Å². The molecule has 2 aromatic rings. The van der Waals surface area contributed by atoms with Crippen LogP contribution in [0.2, 0.25) is 5.02 Å². The van der Waals surface area contributed by atoms with Crippen molar-refractivity contribution in [2.24, 2.45) is 13.0 Å². The summed E-state index contributed by atoms with van der Waals surface area (Å²) >= 11 is 5.79. The fourth-order valence-electron chi connectivity index (χ4n) is 1.92. The molecule has 0 spiro atoms. The van der Waals surface area contributed by atoms with Crippen LogP contribution in [0.4, 0.5) is 5.69 Å². The predicted octanol–water partition coefficient (Wildman–Crippen LogP) is 0.904. The molecule has 2 rings (SSSR count). The monoisotopic (exact) mass is 324 g/mol. The lowest BCUT2D eigenvalue weighted by atomic mass is 10.1. The third-order valence-corrected chi connectivity index (χ3v) is 3.23. The maximum Gasteiger partial charge on any atom is 0.273 e. The van der Waals surface area contributed by atoms with Crippen LogP contribution in [0.25, 0.3) is 0 Å². The number of hydrogen-bond acceptors (Lipinski definition) is 4. The second-order valence-electron chi connectivity index (χ2n) is 4.92. The summed E-state index contributed by atoms with van der Waals surface area (Å²) in [4.78, 5) is 24.0. The van der Waals surface area contributed by atoms with E-state index < -0.39 is 0 Å². The van der Waals surface area contributed by atoms with Gasteiger partial charge in [-0.3, -0.25) is 19.0 Å². The van der Waals surface area contributed by atoms with E-state index in [2.05, 4.69) is 20.8 Å². The normalized spacial score (nSPS) is 12.0. The van der Waals surface area contributed by atoms with Crippen molar-refractivity contribution in [3.8, 4) is 0 Å². The summed E-state index contributed by atoms with van der Waals surface area (Å²) in [5.74, 6) is -0.944. The molecular weight excluding hydrogens is 308 g/mol. The lowest BCUT2D eigenvalue weighted by Crippen LogP contribution is -2.26. The van der Waals surface area contributed by atoms with Gasteiger partial charge in [-0.1, -0.05) is 18.5 Å². The Hall–Kier alpha value is -2.35. The number of carbonyl (C=O) groups is 2. The Labute approximate surface area is 132 Å². The molecule has 118 valence electrons. The number of carbonyl (C=O) groups excluding carboxylic acids is 2. The van der Waals surface area contributed by atoms with Crippen LogP contribution in [0.1, 0.15) is 17.4 Å². The third kappa shape index (κ3) is 3.64. The molecular formula is C13H17ClN6O2. The van der Waals surface area contributed by atoms with Gasteiger partial charge in [0, 0.05) is 26.5 Å². The number of anilines is 1. The highest BCUT2D eigenvalue weighted by atomic mass is 35.5. The molecule has 0 saturated heterocycles. The van der Waals surface area contributed by atoms with Gasteiger partial charge in [-0.25, -0.2) is 0 Å². The van der Waals surface area contributed by atoms with Gasteiger partial charge in [0.25, 0.3) is 5.91 Å². The number of nitrogens with one attached hydrogen (secondary N) is 2. The van der Waals surface area contributed by atoms with Crippen molar-refractivity contribution in [3.63, 3.8) is 0 Å². The Morgan fingerprint density at radius 1 is 1.41 bits per heavy atom. The van der Waals surface area contributed by atoms with Crippen LogP contribution < -0.4 is 10.6 Å². The van der Waals surface area contributed by atoms with Gasteiger partial charge in [-0.2, -0.15) is 10.2 Å². The van der Waals surface area contributed by atoms with Crippen LogP contribution in [0.5, 0.6) is 0 Å². The van der Waals surface area contributed by atoms with Gasteiger partial charge >= 0.3 is 0 Å². The van der Waals surface area contributed by atoms with E-state index in [1.165, 1.54) is 17.9 Å². The first-order valence-electron chi connectivity index (χ1n) is 6.65. The molecule has 2 amide bonds. The third-order valence-electron chi connectivity index (χ3n) is 3.04. The molecule has 0 aromatic carbocycles. The van der Waals surface area contributed by atoms with Crippen LogP contribution in [-0.4, -0.2) is 38.4 Å². The first-order valence-corrected chi connectivity index (χ1v) is 7.03. The summed E-state index contributed by atoms with van der Waals surface area (Å²) in [6.45, 7) is 2.15. The minimum Gasteiger partial charge on any atom is -0.354 e. The second-order valence-corrected chi connectivity index (χ2v) is 5.35. The van der Waals surface area contributed by atoms with E-state index in [9.17, 15) is 9.59 Å². The molecule has 22 heavy (non-hydrogen) atoms. The Kier molecular flexibility index (Phi) is 4.81. The first-order chi connectivity index (χ1) is 10.4. The van der Waals surface area contributed by atoms with Crippen molar-refractivity contribution in [1.29, 1.82) is 0 Å². The molecule has 0 aliphatic carbocycles. The fourth-order valence-corrected chi connectivity index (χ4v) is 2.08. The molecule has 8 nitrogen and oxygen atoms in total. The Balaban J connectivity index is 2.06. The Morgan fingerprint density at radius 2 is 2.14 bits per heavy atom. The van der Waals surface area contributed by atoms with Gasteiger partial charge in [0.05, 0.1) is 29.4 Å². The van der Waals surface area contributed by atoms with E-state index >= 15 is 0 Å². The molecule has 0 aliphatic rings. The lowest BCUT2D eigenvalue weighted by molar-refractivity contribution is -0.119. The number of amides is 2. The first kappa shape index (κ1) is 16.0. The van der Waals surface area contributed by atoms with Gasteiger partial charge in [-0.15, -0.1) is 0 Å². The van der Waals surface area contributed by atoms with E-state index in [4.69, 9.17) is 11.6 Å². The zero-order chi connectivity index (χ0) is 16.3. The van der Waals surface area contributed by atoms with Gasteiger partial charge < -0.3 is 10.6 Å². The molecule has 2 N–H and O–H groups in total. The Morgan fingerprint density at radius 3 is 2.73 bits per heavy atom. The van der Waals surface area contributed by atoms with Crippen molar-refractivity contribution in [2.45, 2.75) is 13.5 Å². The summed E-state index contributed by atoms with van der Waals surface area (Å²) in [6.07, 6.45) is 4.74. The maximum absolute atomic E-state index is 12.2. The molecule has 0 bridgehead atoms. The van der Waals surface area contributed by atoms with E-state index in [0.29, 0.717) is 17.3 Å². The van der Waals surface area contributed by atoms with E-state index in [1.807, 2.05) is 0 Å². The highest BCUT2D eigenvalue weighted by Crippen LogP contribution is 2.15. The molecule has 1 unspecified atom stereocenters. The summed E-state index contributed by atoms with van der Waals surface area (Å²) in [7, 11) is 3.18. The average Bonchev–Trinajstić information content (AvgIpc) is 3.03. The lowest BCUT2D eigenvalue weighted by Gasteiger charge is -2.11. The summed E-state index contributed by atoms with van der Waals surface area (Å²) in [5.41, 5.74) is 0.546. The minimum atomic E-state index is -0.359. The SMILES string of the molecule is CNC(=O)c1nn(C)cc1NC(=O)C(C)Cn1cc(Cl)cn1. The minimum absolute atomic E-state index is 0.174. The molecule has 0 fully saturated rings. The molecule has 1 atom stereocenters. The Bertz CT molecular complexity index is 693. The second kappa shape index (κ2) is 6.61. The van der Waals surface area contributed by atoms with Crippen molar-refractivity contribution in [3.05, 3.63) is 29.3 Å². The largest absolute Gasteiger partial charge is 0.354 e. The molecule has 0 radical (unpaired) electrons. The summed E-state index contributed by atoms with van der Waals surface area (Å²) < 4.78 is 3.06. The van der Waals surface area contributed by atoms with Gasteiger partial charge in [-0.05, 0) is 0 Å². The number of aryl methyl sites for hydroxylation is 1. The van der Waals surface area contributed by atoms with Crippen LogP contribution in [-0.2, 0) is 18.4 Å². The summed E-state index contributed by atoms with van der Waals surface area (Å²) in [5, 5.41) is 13.8. The maximum atomic E-state index is 12.2. The van der Waals surface area contributed by atoms with Crippen molar-refractivity contribution < 1.29 is 9.59 Å². The number of aromatic nitrogens is 4. The van der Waals surface area contributed by atoms with Crippen LogP contribution >= 0.6 is 11.6 Å². The molecule has 0 saturated carbocycles. The predicted molar refractivity (Wildman–Crippen MR) is 81.6 cm³/mol. The van der Waals surface area contributed by atoms with Crippen LogP contribution in [0, 0.1) is 5.92 Å². The topological polar surface area (TPSA) is 93.8 Å². The van der Waals surface area contributed by atoms with Crippen molar-refractivity contribution in [2.75, 3.05) is 12.4 Å². The van der Waals surface area contributed by atoms with Crippen LogP contribution in [0.15, 0.2) is 18.6 Å². The quantitative estimate of drug-likeness (QED) is 0.854. The summed E-state index contributed by atoms with van der Waals surface area (Å²) in [6, 6.07) is 0. The van der Waals surface area contributed by atoms with Crippen molar-refractivity contribution >= 4 is 29.1 Å². The smallest absolute Gasteiger partial charge is 0.273 e. The number of hydrogen-bond donors (Lipinski definition) is 2. The standard InChI is InChI=1S/C13H17ClN6O2/c1-8(5-20-6-9(14)4-16-20)12(21)17-10-7-19(3)18-11(10)13(22)15-2/h4,6-8H,5H2,1-3H3,(H,15,22)(H,17,21). The van der Waals surface area contributed by atoms with E-state index in [0.717, 1.165) is 0 Å². The van der Waals surface area contributed by atoms with Gasteiger partial charge in [0.15, 0.2) is 5.69 Å². The molecule has 9 heteroatoms. The zero-order valence-electron chi connectivity index (χ0n) is 12.5. The van der Waals surface area contributed by atoms with Crippen LogP contribution in [0.3, 0.4) is 0 Å². The zero-order valence-corrected chi connectivity index (χ0v) is 13.3. The van der Waals surface area contributed by atoms with Gasteiger partial charge in [0.2, 0.25) is 5.91 Å².